The van der Waals surface area contributed by atoms with Gasteiger partial charge < -0.3 is 9.80 Å². The fourth-order valence-electron chi connectivity index (χ4n) is 3.18. The second-order valence-electron chi connectivity index (χ2n) is 6.09. The van der Waals surface area contributed by atoms with Gasteiger partial charge in [0, 0.05) is 44.0 Å². The first-order chi connectivity index (χ1) is 12.5. The number of anilines is 2. The van der Waals surface area contributed by atoms with Crippen LogP contribution in [0.3, 0.4) is 0 Å². The van der Waals surface area contributed by atoms with E-state index >= 15 is 0 Å². The van der Waals surface area contributed by atoms with E-state index < -0.39 is 10.7 Å². The first-order valence-corrected chi connectivity index (χ1v) is 8.14. The highest BCUT2D eigenvalue weighted by atomic mass is 19.1. The Hall–Kier alpha value is -3.30. The molecular formula is C16H16FN7O2. The van der Waals surface area contributed by atoms with E-state index in [2.05, 4.69) is 20.0 Å². The van der Waals surface area contributed by atoms with Gasteiger partial charge in [-0.15, -0.1) is 0 Å². The number of hydrogen-bond acceptors (Lipinski definition) is 7. The summed E-state index contributed by atoms with van der Waals surface area (Å²) >= 11 is 0. The number of piperazine rings is 1. The van der Waals surface area contributed by atoms with Crippen LogP contribution in [0.25, 0.3) is 5.78 Å². The predicted molar refractivity (Wildman–Crippen MR) is 93.0 cm³/mol. The maximum atomic E-state index is 14.2. The molecule has 3 heterocycles. The van der Waals surface area contributed by atoms with Crippen molar-refractivity contribution in [3.63, 3.8) is 0 Å². The number of nitro groups is 1. The maximum Gasteiger partial charge on any atom is 0.272 e. The van der Waals surface area contributed by atoms with Crippen molar-refractivity contribution in [2.24, 2.45) is 0 Å². The van der Waals surface area contributed by atoms with Crippen LogP contribution in [0.15, 0.2) is 30.6 Å². The molecule has 1 aromatic carbocycles. The molecule has 134 valence electrons. The van der Waals surface area contributed by atoms with Gasteiger partial charge in [0.25, 0.3) is 11.5 Å². The largest absolute Gasteiger partial charge is 0.366 e. The molecule has 1 aliphatic heterocycles. The average Bonchev–Trinajstić information content (AvgIpc) is 3.09. The van der Waals surface area contributed by atoms with Crippen LogP contribution in [0, 0.1) is 22.9 Å². The van der Waals surface area contributed by atoms with E-state index in [-0.39, 0.29) is 5.69 Å². The third kappa shape index (κ3) is 2.79. The third-order valence-electron chi connectivity index (χ3n) is 4.45. The molecule has 0 saturated carbocycles. The van der Waals surface area contributed by atoms with Crippen LogP contribution in [0.5, 0.6) is 0 Å². The highest BCUT2D eigenvalue weighted by Gasteiger charge is 2.23. The zero-order valence-electron chi connectivity index (χ0n) is 14.0. The molecule has 0 amide bonds. The van der Waals surface area contributed by atoms with Crippen molar-refractivity contribution in [3.8, 4) is 0 Å². The molecule has 0 radical (unpaired) electrons. The van der Waals surface area contributed by atoms with E-state index in [0.717, 1.165) is 17.6 Å². The maximum absolute atomic E-state index is 14.2. The van der Waals surface area contributed by atoms with Crippen molar-refractivity contribution in [3.05, 3.63) is 52.2 Å². The molecular weight excluding hydrogens is 341 g/mol. The second-order valence-corrected chi connectivity index (χ2v) is 6.09. The van der Waals surface area contributed by atoms with E-state index in [1.807, 2.05) is 17.9 Å². The number of aryl methyl sites for hydroxylation is 1. The topological polar surface area (TPSA) is 92.7 Å². The molecule has 10 heteroatoms. The van der Waals surface area contributed by atoms with Gasteiger partial charge in [-0.05, 0) is 13.0 Å². The lowest BCUT2D eigenvalue weighted by atomic mass is 10.2. The number of nitro benzene ring substituents is 1. The summed E-state index contributed by atoms with van der Waals surface area (Å²) in [7, 11) is 0. The lowest BCUT2D eigenvalue weighted by Crippen LogP contribution is -2.47. The highest BCUT2D eigenvalue weighted by Crippen LogP contribution is 2.26. The van der Waals surface area contributed by atoms with Crippen molar-refractivity contribution in [1.29, 1.82) is 0 Å². The van der Waals surface area contributed by atoms with Crippen LogP contribution in [0.2, 0.25) is 0 Å². The lowest BCUT2D eigenvalue weighted by Gasteiger charge is -2.37. The Morgan fingerprint density at radius 2 is 1.88 bits per heavy atom. The first kappa shape index (κ1) is 16.2. The summed E-state index contributed by atoms with van der Waals surface area (Å²) in [4.78, 5) is 22.7. The SMILES string of the molecule is Cc1cc(N2CCN(c3ccc([N+](=O)[O-])cc3F)CC2)n2ncnc2n1. The molecule has 9 nitrogen and oxygen atoms in total. The Labute approximate surface area is 147 Å². The first-order valence-electron chi connectivity index (χ1n) is 8.14. The van der Waals surface area contributed by atoms with E-state index in [4.69, 9.17) is 0 Å². The molecule has 26 heavy (non-hydrogen) atoms. The summed E-state index contributed by atoms with van der Waals surface area (Å²) in [6.45, 7) is 4.41. The second kappa shape index (κ2) is 6.21. The van der Waals surface area contributed by atoms with Gasteiger partial charge in [-0.3, -0.25) is 10.1 Å². The normalized spacial score (nSPS) is 14.8. The molecule has 2 aromatic heterocycles. The van der Waals surface area contributed by atoms with Gasteiger partial charge in [0.2, 0.25) is 0 Å². The van der Waals surface area contributed by atoms with Crippen molar-refractivity contribution in [2.45, 2.75) is 6.92 Å². The van der Waals surface area contributed by atoms with Crippen LogP contribution < -0.4 is 9.80 Å². The predicted octanol–water partition coefficient (Wildman–Crippen LogP) is 1.81. The molecule has 0 bridgehead atoms. The summed E-state index contributed by atoms with van der Waals surface area (Å²) < 4.78 is 15.9. The van der Waals surface area contributed by atoms with Crippen LogP contribution in [0.1, 0.15) is 5.69 Å². The van der Waals surface area contributed by atoms with E-state index in [1.165, 1.54) is 18.5 Å². The van der Waals surface area contributed by atoms with Crippen molar-refractivity contribution in [2.75, 3.05) is 36.0 Å². The van der Waals surface area contributed by atoms with Gasteiger partial charge in [-0.2, -0.15) is 14.6 Å². The zero-order valence-corrected chi connectivity index (χ0v) is 14.0. The average molecular weight is 357 g/mol. The minimum absolute atomic E-state index is 0.245. The summed E-state index contributed by atoms with van der Waals surface area (Å²) in [6.07, 6.45) is 1.47. The molecule has 0 N–H and O–H groups in total. The van der Waals surface area contributed by atoms with Gasteiger partial charge in [-0.1, -0.05) is 0 Å². The van der Waals surface area contributed by atoms with Gasteiger partial charge in [0.05, 0.1) is 16.7 Å². The number of benzene rings is 1. The zero-order chi connectivity index (χ0) is 18.3. The number of non-ortho nitro benzene ring substituents is 1. The van der Waals surface area contributed by atoms with Crippen molar-refractivity contribution < 1.29 is 9.31 Å². The summed E-state index contributed by atoms with van der Waals surface area (Å²) in [6, 6.07) is 5.71. The number of aromatic nitrogens is 4. The molecule has 0 spiro atoms. The number of halogens is 1. The standard InChI is InChI=1S/C16H16FN7O2/c1-11-8-15(23-16(20-11)18-10-19-23)22-6-4-21(5-7-22)14-3-2-12(24(25)26)9-13(14)17/h2-3,8-10H,4-7H2,1H3. The molecule has 4 rings (SSSR count). The van der Waals surface area contributed by atoms with Gasteiger partial charge in [0.1, 0.15) is 12.1 Å². The minimum atomic E-state index is -0.597. The van der Waals surface area contributed by atoms with E-state index in [9.17, 15) is 14.5 Å². The highest BCUT2D eigenvalue weighted by molar-refractivity contribution is 5.55. The number of hydrogen-bond donors (Lipinski definition) is 0. The smallest absolute Gasteiger partial charge is 0.272 e. The quantitative estimate of drug-likeness (QED) is 0.521. The Balaban J connectivity index is 1.54. The van der Waals surface area contributed by atoms with Crippen LogP contribution in [0.4, 0.5) is 21.6 Å². The number of rotatable bonds is 3. The summed E-state index contributed by atoms with van der Waals surface area (Å²) in [5, 5.41) is 15.0. The van der Waals surface area contributed by atoms with Gasteiger partial charge >= 0.3 is 0 Å². The summed E-state index contributed by atoms with van der Waals surface area (Å²) in [5.41, 5.74) is 0.988. The molecule has 0 unspecified atom stereocenters. The lowest BCUT2D eigenvalue weighted by molar-refractivity contribution is -0.385. The molecule has 0 atom stereocenters. The Kier molecular flexibility index (Phi) is 3.86. The van der Waals surface area contributed by atoms with Crippen molar-refractivity contribution >= 4 is 23.0 Å². The van der Waals surface area contributed by atoms with Gasteiger partial charge in [0.15, 0.2) is 5.82 Å². The van der Waals surface area contributed by atoms with Gasteiger partial charge in [-0.25, -0.2) is 9.37 Å². The summed E-state index contributed by atoms with van der Waals surface area (Å²) in [5.74, 6) is 0.865. The fraction of sp³-hybridized carbons (Fsp3) is 0.312. The number of nitrogens with zero attached hydrogens (tertiary/aromatic N) is 7. The van der Waals surface area contributed by atoms with Crippen molar-refractivity contribution in [1.82, 2.24) is 19.6 Å². The van der Waals surface area contributed by atoms with E-state index in [1.54, 1.807) is 4.52 Å². The Morgan fingerprint density at radius 3 is 2.58 bits per heavy atom. The monoisotopic (exact) mass is 357 g/mol. The molecule has 3 aromatic rings. The van der Waals surface area contributed by atoms with Crippen LogP contribution >= 0.6 is 0 Å². The molecule has 0 aliphatic carbocycles. The van der Waals surface area contributed by atoms with Crippen LogP contribution in [-0.2, 0) is 0 Å². The molecule has 1 aliphatic rings. The minimum Gasteiger partial charge on any atom is -0.366 e. The molecule has 1 fully saturated rings. The fourth-order valence-corrected chi connectivity index (χ4v) is 3.18. The third-order valence-corrected chi connectivity index (χ3v) is 4.45. The Bertz CT molecular complexity index is 982. The number of fused-ring (bicyclic) bond motifs is 1. The molecule has 1 saturated heterocycles. The van der Waals surface area contributed by atoms with E-state index in [0.29, 0.717) is 37.6 Å². The Morgan fingerprint density at radius 1 is 1.15 bits per heavy atom. The van der Waals surface area contributed by atoms with Crippen LogP contribution in [-0.4, -0.2) is 50.7 Å².